The highest BCUT2D eigenvalue weighted by molar-refractivity contribution is 7.89. The van der Waals surface area contributed by atoms with E-state index in [2.05, 4.69) is 4.90 Å². The van der Waals surface area contributed by atoms with Crippen molar-refractivity contribution in [1.29, 1.82) is 0 Å². The minimum Gasteiger partial charge on any atom is -0.507 e. The zero-order valence-corrected chi connectivity index (χ0v) is 22.5. The average molecular weight is 554 g/mol. The summed E-state index contributed by atoms with van der Waals surface area (Å²) in [5.41, 5.74) is 2.41. The number of piperazine rings is 1. The number of hydrogen-bond donors (Lipinski definition) is 2. The summed E-state index contributed by atoms with van der Waals surface area (Å²) in [4.78, 5) is 15.2. The maximum atomic E-state index is 15.3. The van der Waals surface area contributed by atoms with Crippen LogP contribution < -0.4 is 9.80 Å². The number of phenols is 1. The highest BCUT2D eigenvalue weighted by atomic mass is 32.2. The molecule has 2 atom stereocenters. The molecule has 3 aromatic carbocycles. The normalized spacial score (nSPS) is 21.6. The van der Waals surface area contributed by atoms with Gasteiger partial charge in [0.2, 0.25) is 10.0 Å². The second-order valence-electron chi connectivity index (χ2n) is 10.2. The highest BCUT2D eigenvalue weighted by Crippen LogP contribution is 2.38. The van der Waals surface area contributed by atoms with Gasteiger partial charge >= 0.3 is 5.97 Å². The van der Waals surface area contributed by atoms with Crippen LogP contribution in [0.15, 0.2) is 66.7 Å². The van der Waals surface area contributed by atoms with Crippen LogP contribution in [0.5, 0.6) is 5.75 Å². The van der Waals surface area contributed by atoms with Crippen molar-refractivity contribution in [3.8, 4) is 5.75 Å². The Morgan fingerprint density at radius 1 is 0.923 bits per heavy atom. The maximum Gasteiger partial charge on any atom is 0.339 e. The lowest BCUT2D eigenvalue weighted by atomic mass is 10.0. The van der Waals surface area contributed by atoms with Gasteiger partial charge in [0.15, 0.2) is 0 Å². The van der Waals surface area contributed by atoms with E-state index in [1.165, 1.54) is 22.5 Å². The van der Waals surface area contributed by atoms with Gasteiger partial charge in [-0.15, -0.1) is 0 Å². The number of aromatic carboxylic acids is 1. The number of carboxylic acids is 1. The van der Waals surface area contributed by atoms with Crippen molar-refractivity contribution in [2.75, 3.05) is 36.0 Å². The van der Waals surface area contributed by atoms with Crippen molar-refractivity contribution in [2.24, 2.45) is 0 Å². The Bertz CT molecular complexity index is 1460. The minimum atomic E-state index is -3.65. The van der Waals surface area contributed by atoms with Crippen LogP contribution in [0, 0.1) is 5.82 Å². The van der Waals surface area contributed by atoms with E-state index in [0.29, 0.717) is 44.6 Å². The summed E-state index contributed by atoms with van der Waals surface area (Å²) in [6.45, 7) is 4.30. The molecule has 0 amide bonds. The molecule has 2 fully saturated rings. The van der Waals surface area contributed by atoms with E-state index in [4.69, 9.17) is 5.11 Å². The summed E-state index contributed by atoms with van der Waals surface area (Å²) in [6, 6.07) is 18.5. The molecule has 2 aliphatic heterocycles. The Morgan fingerprint density at radius 3 is 2.13 bits per heavy atom. The van der Waals surface area contributed by atoms with Crippen molar-refractivity contribution >= 4 is 27.4 Å². The second kappa shape index (κ2) is 10.9. The Kier molecular flexibility index (Phi) is 7.51. The molecule has 8 nitrogen and oxygen atoms in total. The fourth-order valence-corrected chi connectivity index (χ4v) is 7.69. The Hall–Kier alpha value is -3.63. The predicted molar refractivity (Wildman–Crippen MR) is 148 cm³/mol. The summed E-state index contributed by atoms with van der Waals surface area (Å²) < 4.78 is 43.8. The Balaban J connectivity index is 1.26. The molecular weight excluding hydrogens is 521 g/mol. The molecule has 5 rings (SSSR count). The third kappa shape index (κ3) is 5.44. The van der Waals surface area contributed by atoms with Crippen LogP contribution in [0.2, 0.25) is 0 Å². The minimum absolute atomic E-state index is 0.0114. The third-order valence-electron chi connectivity index (χ3n) is 7.78. The van der Waals surface area contributed by atoms with Crippen LogP contribution in [0.1, 0.15) is 46.5 Å². The topological polar surface area (TPSA) is 101 Å². The van der Waals surface area contributed by atoms with E-state index in [0.717, 1.165) is 16.9 Å². The molecule has 0 radical (unpaired) electrons. The van der Waals surface area contributed by atoms with Gasteiger partial charge in [0.25, 0.3) is 0 Å². The summed E-state index contributed by atoms with van der Waals surface area (Å²) in [5, 5.41) is 18.5. The summed E-state index contributed by atoms with van der Waals surface area (Å²) >= 11 is 0. The lowest BCUT2D eigenvalue weighted by Crippen LogP contribution is -2.46. The molecule has 2 heterocycles. The van der Waals surface area contributed by atoms with Crippen molar-refractivity contribution in [3.63, 3.8) is 0 Å². The maximum absolute atomic E-state index is 15.3. The van der Waals surface area contributed by atoms with E-state index < -0.39 is 27.1 Å². The molecule has 2 N–H and O–H groups in total. The lowest BCUT2D eigenvalue weighted by molar-refractivity contribution is 0.0693. The number of sulfonamides is 1. The number of aromatic hydroxyl groups is 1. The van der Waals surface area contributed by atoms with Crippen molar-refractivity contribution in [3.05, 3.63) is 89.2 Å². The van der Waals surface area contributed by atoms with Gasteiger partial charge in [0, 0.05) is 61.8 Å². The van der Waals surface area contributed by atoms with Crippen LogP contribution in [-0.4, -0.2) is 61.1 Å². The zero-order valence-electron chi connectivity index (χ0n) is 21.7. The third-order valence-corrected chi connectivity index (χ3v) is 10.2. The average Bonchev–Trinajstić information content (AvgIpc) is 2.92. The van der Waals surface area contributed by atoms with Gasteiger partial charge in [-0.1, -0.05) is 36.4 Å². The molecule has 3 aromatic rings. The van der Waals surface area contributed by atoms with E-state index in [1.807, 2.05) is 48.2 Å². The molecule has 0 bridgehead atoms. The summed E-state index contributed by atoms with van der Waals surface area (Å²) in [5.74, 6) is -1.90. The number of carboxylic acid groups (broad SMARTS) is 1. The fourth-order valence-electron chi connectivity index (χ4n) is 5.50. The van der Waals surface area contributed by atoms with Crippen LogP contribution in [0.25, 0.3) is 0 Å². The molecule has 2 aliphatic rings. The van der Waals surface area contributed by atoms with Gasteiger partial charge in [-0.2, -0.15) is 4.31 Å². The SMILES string of the molecule is C[C@@H]1CCC(c2ccccc2)S(=O)(=O)N1Cc1ccc(N2CCN(c3ccc(C(=O)O)c(O)c3)CC2)cc1F. The van der Waals surface area contributed by atoms with Gasteiger partial charge in [-0.25, -0.2) is 17.6 Å². The van der Waals surface area contributed by atoms with Gasteiger partial charge in [-0.3, -0.25) is 0 Å². The van der Waals surface area contributed by atoms with E-state index in [-0.39, 0.29) is 23.9 Å². The number of hydrogen-bond acceptors (Lipinski definition) is 6. The predicted octanol–water partition coefficient (Wildman–Crippen LogP) is 4.61. The fraction of sp³-hybridized carbons (Fsp3) is 0.345. The van der Waals surface area contributed by atoms with Gasteiger partial charge in [0.1, 0.15) is 22.4 Å². The summed E-state index contributed by atoms with van der Waals surface area (Å²) in [7, 11) is -3.65. The number of nitrogens with zero attached hydrogens (tertiary/aromatic N) is 3. The van der Waals surface area contributed by atoms with Crippen molar-refractivity contribution in [1.82, 2.24) is 4.31 Å². The van der Waals surface area contributed by atoms with Gasteiger partial charge < -0.3 is 20.0 Å². The largest absolute Gasteiger partial charge is 0.507 e. The molecule has 0 spiro atoms. The number of benzene rings is 3. The molecule has 206 valence electrons. The Morgan fingerprint density at radius 2 is 1.54 bits per heavy atom. The van der Waals surface area contributed by atoms with Crippen molar-refractivity contribution < 1.29 is 27.8 Å². The monoisotopic (exact) mass is 553 g/mol. The molecule has 0 aromatic heterocycles. The quantitative estimate of drug-likeness (QED) is 0.460. The number of carbonyl (C=O) groups is 1. The van der Waals surface area contributed by atoms with Crippen molar-refractivity contribution in [2.45, 2.75) is 37.6 Å². The van der Waals surface area contributed by atoms with Crippen LogP contribution in [-0.2, 0) is 16.6 Å². The van der Waals surface area contributed by atoms with E-state index in [1.54, 1.807) is 12.1 Å². The molecule has 39 heavy (non-hydrogen) atoms. The van der Waals surface area contributed by atoms with Crippen LogP contribution in [0.4, 0.5) is 15.8 Å². The first-order valence-corrected chi connectivity index (χ1v) is 14.6. The van der Waals surface area contributed by atoms with Crippen LogP contribution >= 0.6 is 0 Å². The Labute approximate surface area is 228 Å². The highest BCUT2D eigenvalue weighted by Gasteiger charge is 2.40. The molecule has 10 heteroatoms. The first-order valence-electron chi connectivity index (χ1n) is 13.1. The zero-order chi connectivity index (χ0) is 27.7. The molecular formula is C29H32FN3O5S. The van der Waals surface area contributed by atoms with E-state index in [9.17, 15) is 18.3 Å². The molecule has 2 saturated heterocycles. The first kappa shape index (κ1) is 27.0. The van der Waals surface area contributed by atoms with Crippen LogP contribution in [0.3, 0.4) is 0 Å². The van der Waals surface area contributed by atoms with Gasteiger partial charge in [0.05, 0.1) is 0 Å². The smallest absolute Gasteiger partial charge is 0.339 e. The molecule has 0 saturated carbocycles. The molecule has 0 aliphatic carbocycles. The van der Waals surface area contributed by atoms with E-state index >= 15 is 4.39 Å². The number of halogens is 1. The lowest BCUT2D eigenvalue weighted by Gasteiger charge is -2.38. The number of rotatable bonds is 6. The second-order valence-corrected chi connectivity index (χ2v) is 12.2. The number of anilines is 2. The first-order chi connectivity index (χ1) is 18.6. The molecule has 1 unspecified atom stereocenters. The summed E-state index contributed by atoms with van der Waals surface area (Å²) in [6.07, 6.45) is 1.25. The van der Waals surface area contributed by atoms with Gasteiger partial charge in [-0.05, 0) is 49.6 Å². The standard InChI is InChI=1S/C29H32FN3O5S/c1-20-7-12-28(21-5-3-2-4-6-21)39(37,38)33(20)19-22-8-9-23(17-26(22)30)31-13-15-32(16-14-31)24-10-11-25(29(35)36)27(34)18-24/h2-6,8-11,17-18,20,28,34H,7,12-16,19H2,1H3,(H,35,36)/t20-,28?/m1/s1.